The van der Waals surface area contributed by atoms with Crippen molar-refractivity contribution >= 4 is 29.1 Å². The van der Waals surface area contributed by atoms with Crippen molar-refractivity contribution in [3.63, 3.8) is 0 Å². The Morgan fingerprint density at radius 2 is 1.92 bits per heavy atom. The molecule has 0 fully saturated rings. The third kappa shape index (κ3) is 5.59. The largest absolute Gasteiger partial charge is 0.482 e. The van der Waals surface area contributed by atoms with Crippen molar-refractivity contribution in [2.24, 2.45) is 0 Å². The minimum atomic E-state index is -1.05. The van der Waals surface area contributed by atoms with Crippen molar-refractivity contribution in [1.82, 2.24) is 10.2 Å². The summed E-state index contributed by atoms with van der Waals surface area (Å²) >= 11 is 1.33. The molecular formula is C18H20N2O5S. The fourth-order valence-electron chi connectivity index (χ4n) is 2.24. The second kappa shape index (κ2) is 9.00. The van der Waals surface area contributed by atoms with E-state index in [1.165, 1.54) is 16.2 Å². The van der Waals surface area contributed by atoms with E-state index < -0.39 is 12.6 Å². The number of likely N-dealkylation sites (N-methyl/N-ethyl adjacent to an activating group) is 1. The fraction of sp³-hybridized carbons (Fsp3) is 0.278. The van der Waals surface area contributed by atoms with Crippen molar-refractivity contribution in [1.29, 1.82) is 0 Å². The van der Waals surface area contributed by atoms with Crippen molar-refractivity contribution < 1.29 is 24.2 Å². The quantitative estimate of drug-likeness (QED) is 0.736. The number of thiophene rings is 1. The lowest BCUT2D eigenvalue weighted by atomic mass is 10.1. The molecule has 1 aromatic heterocycles. The monoisotopic (exact) mass is 376 g/mol. The maximum absolute atomic E-state index is 12.2. The van der Waals surface area contributed by atoms with Gasteiger partial charge in [0, 0.05) is 7.05 Å². The maximum atomic E-state index is 12.2. The Bertz CT molecular complexity index is 758. The van der Waals surface area contributed by atoms with E-state index in [1.807, 2.05) is 12.3 Å². The summed E-state index contributed by atoms with van der Waals surface area (Å²) in [6, 6.07) is 10.0. The number of nitrogens with zero attached hydrogens (tertiary/aromatic N) is 1. The Kier molecular flexibility index (Phi) is 6.74. The summed E-state index contributed by atoms with van der Waals surface area (Å²) < 4.78 is 5.07. The lowest BCUT2D eigenvalue weighted by Gasteiger charge is -2.19. The Morgan fingerprint density at radius 1 is 1.23 bits per heavy atom. The van der Waals surface area contributed by atoms with Gasteiger partial charge in [0.25, 0.3) is 5.91 Å². The van der Waals surface area contributed by atoms with Crippen molar-refractivity contribution in [3.8, 4) is 5.75 Å². The minimum absolute atomic E-state index is 0.0408. The van der Waals surface area contributed by atoms with Gasteiger partial charge in [-0.1, -0.05) is 18.2 Å². The van der Waals surface area contributed by atoms with Crippen LogP contribution in [0.3, 0.4) is 0 Å². The van der Waals surface area contributed by atoms with Crippen LogP contribution in [0.2, 0.25) is 0 Å². The molecule has 0 aliphatic heterocycles. The van der Waals surface area contributed by atoms with Crippen LogP contribution in [0.5, 0.6) is 5.75 Å². The lowest BCUT2D eigenvalue weighted by molar-refractivity contribution is -0.139. The van der Waals surface area contributed by atoms with Crippen LogP contribution < -0.4 is 10.1 Å². The van der Waals surface area contributed by atoms with Gasteiger partial charge in [0.2, 0.25) is 5.91 Å². The fourth-order valence-corrected chi connectivity index (χ4v) is 2.96. The van der Waals surface area contributed by atoms with E-state index in [0.29, 0.717) is 10.6 Å². The molecule has 2 N–H and O–H groups in total. The van der Waals surface area contributed by atoms with Crippen LogP contribution in [0.15, 0.2) is 41.8 Å². The van der Waals surface area contributed by atoms with Crippen molar-refractivity contribution in [2.45, 2.75) is 13.0 Å². The SMILES string of the molecule is CC(NC(=O)CN(C)C(=O)c1cccs1)c1ccc(OCC(=O)O)cc1. The normalized spacial score (nSPS) is 11.5. The number of carbonyl (C=O) groups excluding carboxylic acids is 2. The van der Waals surface area contributed by atoms with Crippen LogP contribution in [0.4, 0.5) is 0 Å². The molecule has 0 spiro atoms. The number of benzene rings is 1. The topological polar surface area (TPSA) is 95.9 Å². The van der Waals surface area contributed by atoms with Crippen LogP contribution in [-0.2, 0) is 9.59 Å². The highest BCUT2D eigenvalue weighted by molar-refractivity contribution is 7.12. The molecule has 2 amide bonds. The van der Waals surface area contributed by atoms with Gasteiger partial charge in [-0.15, -0.1) is 11.3 Å². The summed E-state index contributed by atoms with van der Waals surface area (Å²) in [7, 11) is 1.58. The summed E-state index contributed by atoms with van der Waals surface area (Å²) in [4.78, 5) is 36.7. The van der Waals surface area contributed by atoms with E-state index >= 15 is 0 Å². The Labute approximate surface area is 155 Å². The molecule has 1 aromatic carbocycles. The zero-order valence-electron chi connectivity index (χ0n) is 14.5. The summed E-state index contributed by atoms with van der Waals surface area (Å²) in [6.07, 6.45) is 0. The van der Waals surface area contributed by atoms with Crippen LogP contribution in [0.1, 0.15) is 28.2 Å². The van der Waals surface area contributed by atoms with E-state index in [9.17, 15) is 14.4 Å². The molecule has 0 saturated carbocycles. The number of carboxylic acids is 1. The molecule has 26 heavy (non-hydrogen) atoms. The van der Waals surface area contributed by atoms with Crippen LogP contribution in [0, 0.1) is 0 Å². The number of carboxylic acid groups (broad SMARTS) is 1. The highest BCUT2D eigenvalue weighted by Gasteiger charge is 2.17. The Balaban J connectivity index is 1.86. The smallest absolute Gasteiger partial charge is 0.341 e. The first-order chi connectivity index (χ1) is 12.4. The summed E-state index contributed by atoms with van der Waals surface area (Å²) in [5.74, 6) is -1.06. The predicted molar refractivity (Wildman–Crippen MR) is 97.4 cm³/mol. The highest BCUT2D eigenvalue weighted by atomic mass is 32.1. The first-order valence-electron chi connectivity index (χ1n) is 7.89. The molecule has 2 rings (SSSR count). The molecule has 0 aliphatic rings. The van der Waals surface area contributed by atoms with E-state index in [4.69, 9.17) is 9.84 Å². The summed E-state index contributed by atoms with van der Waals surface area (Å²) in [5.41, 5.74) is 0.841. The molecule has 1 unspecified atom stereocenters. The predicted octanol–water partition coefficient (Wildman–Crippen LogP) is 2.16. The van der Waals surface area contributed by atoms with Crippen LogP contribution in [-0.4, -0.2) is 48.0 Å². The van der Waals surface area contributed by atoms with Gasteiger partial charge < -0.3 is 20.1 Å². The molecule has 1 heterocycles. The number of ether oxygens (including phenoxy) is 1. The third-order valence-electron chi connectivity index (χ3n) is 3.58. The van der Waals surface area contributed by atoms with Gasteiger partial charge in [-0.25, -0.2) is 4.79 Å². The van der Waals surface area contributed by atoms with Crippen LogP contribution >= 0.6 is 11.3 Å². The van der Waals surface area contributed by atoms with E-state index in [1.54, 1.807) is 43.4 Å². The van der Waals surface area contributed by atoms with Gasteiger partial charge in [-0.3, -0.25) is 9.59 Å². The molecule has 8 heteroatoms. The van der Waals surface area contributed by atoms with E-state index in [-0.39, 0.29) is 24.4 Å². The summed E-state index contributed by atoms with van der Waals surface area (Å²) in [5, 5.41) is 13.2. The zero-order chi connectivity index (χ0) is 19.1. The number of rotatable bonds is 8. The number of hydrogen-bond acceptors (Lipinski definition) is 5. The molecule has 2 aromatic rings. The molecule has 0 radical (unpaired) electrons. The molecule has 0 aliphatic carbocycles. The molecule has 138 valence electrons. The average Bonchev–Trinajstić information content (AvgIpc) is 3.14. The van der Waals surface area contributed by atoms with Crippen molar-refractivity contribution in [2.75, 3.05) is 20.2 Å². The second-order valence-electron chi connectivity index (χ2n) is 5.68. The van der Waals surface area contributed by atoms with Crippen molar-refractivity contribution in [3.05, 3.63) is 52.2 Å². The zero-order valence-corrected chi connectivity index (χ0v) is 15.3. The number of amides is 2. The summed E-state index contributed by atoms with van der Waals surface area (Å²) in [6.45, 7) is 1.38. The average molecular weight is 376 g/mol. The minimum Gasteiger partial charge on any atom is -0.482 e. The molecule has 7 nitrogen and oxygen atoms in total. The Morgan fingerprint density at radius 3 is 2.50 bits per heavy atom. The lowest BCUT2D eigenvalue weighted by Crippen LogP contribution is -2.39. The standard InChI is InChI=1S/C18H20N2O5S/c1-12(13-5-7-14(8-6-13)25-11-17(22)23)19-16(21)10-20(2)18(24)15-4-3-9-26-15/h3-9,12H,10-11H2,1-2H3,(H,19,21)(H,22,23). The number of hydrogen-bond donors (Lipinski definition) is 2. The Hall–Kier alpha value is -2.87. The number of carbonyl (C=O) groups is 3. The molecule has 1 atom stereocenters. The molecule has 0 saturated heterocycles. The maximum Gasteiger partial charge on any atom is 0.341 e. The molecular weight excluding hydrogens is 356 g/mol. The number of nitrogens with one attached hydrogen (secondary N) is 1. The van der Waals surface area contributed by atoms with Gasteiger partial charge in [-0.05, 0) is 36.1 Å². The van der Waals surface area contributed by atoms with Gasteiger partial charge in [0.05, 0.1) is 17.5 Å². The third-order valence-corrected chi connectivity index (χ3v) is 4.44. The van der Waals surface area contributed by atoms with Crippen LogP contribution in [0.25, 0.3) is 0 Å². The number of aliphatic carboxylic acids is 1. The van der Waals surface area contributed by atoms with E-state index in [2.05, 4.69) is 5.32 Å². The first-order valence-corrected chi connectivity index (χ1v) is 8.77. The first kappa shape index (κ1) is 19.5. The van der Waals surface area contributed by atoms with E-state index in [0.717, 1.165) is 5.56 Å². The second-order valence-corrected chi connectivity index (χ2v) is 6.63. The van der Waals surface area contributed by atoms with Gasteiger partial charge in [-0.2, -0.15) is 0 Å². The molecule has 0 bridgehead atoms. The highest BCUT2D eigenvalue weighted by Crippen LogP contribution is 2.18. The van der Waals surface area contributed by atoms with Gasteiger partial charge in [0.1, 0.15) is 5.75 Å². The van der Waals surface area contributed by atoms with Gasteiger partial charge >= 0.3 is 5.97 Å². The van der Waals surface area contributed by atoms with Gasteiger partial charge in [0.15, 0.2) is 6.61 Å².